The molecule has 0 fully saturated rings. The average molecular weight is 296 g/mol. The quantitative estimate of drug-likeness (QED) is 0.652. The molecule has 0 saturated heterocycles. The lowest BCUT2D eigenvalue weighted by molar-refractivity contribution is 0.101. The van der Waals surface area contributed by atoms with Gasteiger partial charge in [0.1, 0.15) is 5.75 Å². The predicted octanol–water partition coefficient (Wildman–Crippen LogP) is 4.70. The summed E-state index contributed by atoms with van der Waals surface area (Å²) in [5.74, 6) is 0.995. The van der Waals surface area contributed by atoms with Crippen LogP contribution in [-0.4, -0.2) is 12.9 Å². The number of rotatable bonds is 4. The summed E-state index contributed by atoms with van der Waals surface area (Å²) >= 11 is 1.65. The maximum atomic E-state index is 11.7. The van der Waals surface area contributed by atoms with Crippen LogP contribution < -0.4 is 4.74 Å². The molecule has 0 atom stereocenters. The van der Waals surface area contributed by atoms with Gasteiger partial charge in [-0.3, -0.25) is 4.79 Å². The Morgan fingerprint density at radius 2 is 2.00 bits per heavy atom. The van der Waals surface area contributed by atoms with Gasteiger partial charge in [-0.2, -0.15) is 0 Å². The van der Waals surface area contributed by atoms with E-state index in [1.54, 1.807) is 25.4 Å². The Morgan fingerprint density at radius 1 is 1.19 bits per heavy atom. The highest BCUT2D eigenvalue weighted by Crippen LogP contribution is 2.31. The van der Waals surface area contributed by atoms with Crippen molar-refractivity contribution < 1.29 is 9.53 Å². The molecule has 1 heterocycles. The first-order chi connectivity index (χ1) is 10.2. The third-order valence-corrected chi connectivity index (χ3v) is 4.66. The third kappa shape index (κ3) is 2.69. The Balaban J connectivity index is 2.02. The van der Waals surface area contributed by atoms with Gasteiger partial charge in [0.05, 0.1) is 7.11 Å². The van der Waals surface area contributed by atoms with E-state index in [1.807, 2.05) is 29.6 Å². The van der Waals surface area contributed by atoms with E-state index in [0.29, 0.717) is 0 Å². The SMILES string of the molecule is COc1cccc(Cc2cccc3c(C(C)=O)csc23)c1. The Labute approximate surface area is 128 Å². The van der Waals surface area contributed by atoms with Crippen LogP contribution in [0, 0.1) is 0 Å². The first-order valence-electron chi connectivity index (χ1n) is 6.82. The lowest BCUT2D eigenvalue weighted by Gasteiger charge is -2.06. The maximum absolute atomic E-state index is 11.7. The number of fused-ring (bicyclic) bond motifs is 1. The van der Waals surface area contributed by atoms with Gasteiger partial charge in [0.15, 0.2) is 5.78 Å². The molecule has 0 saturated carbocycles. The highest BCUT2D eigenvalue weighted by molar-refractivity contribution is 7.17. The van der Waals surface area contributed by atoms with E-state index in [9.17, 15) is 4.79 Å². The van der Waals surface area contributed by atoms with Crippen LogP contribution >= 0.6 is 11.3 Å². The van der Waals surface area contributed by atoms with Gasteiger partial charge in [0, 0.05) is 21.0 Å². The lowest BCUT2D eigenvalue weighted by Crippen LogP contribution is -1.92. The van der Waals surface area contributed by atoms with E-state index in [1.165, 1.54) is 15.8 Å². The minimum absolute atomic E-state index is 0.125. The molecule has 106 valence electrons. The van der Waals surface area contributed by atoms with Gasteiger partial charge in [-0.1, -0.05) is 30.3 Å². The standard InChI is InChI=1S/C18H16O2S/c1-12(19)17-11-21-18-14(6-4-8-16(17)18)9-13-5-3-7-15(10-13)20-2/h3-8,10-11H,9H2,1-2H3. The Hall–Kier alpha value is -2.13. The van der Waals surface area contributed by atoms with Crippen LogP contribution in [0.15, 0.2) is 47.8 Å². The van der Waals surface area contributed by atoms with Crippen molar-refractivity contribution in [3.05, 3.63) is 64.5 Å². The number of thiophene rings is 1. The molecule has 0 radical (unpaired) electrons. The number of carbonyl (C=O) groups excluding carboxylic acids is 1. The van der Waals surface area contributed by atoms with E-state index in [0.717, 1.165) is 23.1 Å². The second kappa shape index (κ2) is 5.70. The number of ether oxygens (including phenoxy) is 1. The fourth-order valence-electron chi connectivity index (χ4n) is 2.53. The van der Waals surface area contributed by atoms with Crippen molar-refractivity contribution in [1.29, 1.82) is 0 Å². The Kier molecular flexibility index (Phi) is 3.76. The molecule has 2 aromatic carbocycles. The van der Waals surface area contributed by atoms with Crippen LogP contribution in [0.25, 0.3) is 10.1 Å². The predicted molar refractivity (Wildman–Crippen MR) is 87.6 cm³/mol. The molecule has 0 aliphatic heterocycles. The third-order valence-electron chi connectivity index (χ3n) is 3.59. The zero-order valence-electron chi connectivity index (χ0n) is 12.1. The van der Waals surface area contributed by atoms with Crippen molar-refractivity contribution >= 4 is 27.2 Å². The van der Waals surface area contributed by atoms with Gasteiger partial charge in [0.25, 0.3) is 0 Å². The van der Waals surface area contributed by atoms with Gasteiger partial charge in [-0.25, -0.2) is 0 Å². The molecule has 3 rings (SSSR count). The molecule has 0 aliphatic rings. The number of carbonyl (C=O) groups is 1. The molecule has 0 N–H and O–H groups in total. The minimum Gasteiger partial charge on any atom is -0.497 e. The summed E-state index contributed by atoms with van der Waals surface area (Å²) < 4.78 is 6.47. The first-order valence-corrected chi connectivity index (χ1v) is 7.70. The van der Waals surface area contributed by atoms with E-state index >= 15 is 0 Å². The number of hydrogen-bond acceptors (Lipinski definition) is 3. The van der Waals surface area contributed by atoms with Crippen LogP contribution in [0.4, 0.5) is 0 Å². The molecule has 0 amide bonds. The Bertz CT molecular complexity index is 802. The Morgan fingerprint density at radius 3 is 2.76 bits per heavy atom. The summed E-state index contributed by atoms with van der Waals surface area (Å²) in [6, 6.07) is 14.3. The molecule has 0 unspecified atom stereocenters. The van der Waals surface area contributed by atoms with Gasteiger partial charge < -0.3 is 4.74 Å². The summed E-state index contributed by atoms with van der Waals surface area (Å²) in [6.45, 7) is 1.62. The highest BCUT2D eigenvalue weighted by atomic mass is 32.1. The molecule has 3 heteroatoms. The number of Topliss-reactive ketones (excluding diaryl/α,β-unsaturated/α-hetero) is 1. The highest BCUT2D eigenvalue weighted by Gasteiger charge is 2.11. The summed E-state index contributed by atoms with van der Waals surface area (Å²) in [5, 5.41) is 3.02. The topological polar surface area (TPSA) is 26.3 Å². The van der Waals surface area contributed by atoms with Gasteiger partial charge in [0.2, 0.25) is 0 Å². The van der Waals surface area contributed by atoms with Gasteiger partial charge in [-0.05, 0) is 36.6 Å². The van der Waals surface area contributed by atoms with Gasteiger partial charge in [-0.15, -0.1) is 11.3 Å². The maximum Gasteiger partial charge on any atom is 0.161 e. The van der Waals surface area contributed by atoms with Crippen molar-refractivity contribution in [2.75, 3.05) is 7.11 Å². The zero-order chi connectivity index (χ0) is 14.8. The fraction of sp³-hybridized carbons (Fsp3) is 0.167. The lowest BCUT2D eigenvalue weighted by atomic mass is 10.0. The normalized spacial score (nSPS) is 10.8. The second-order valence-corrected chi connectivity index (χ2v) is 5.91. The largest absolute Gasteiger partial charge is 0.497 e. The van der Waals surface area contributed by atoms with Crippen molar-refractivity contribution in [2.45, 2.75) is 13.3 Å². The summed E-state index contributed by atoms with van der Waals surface area (Å²) in [5.41, 5.74) is 3.28. The molecular weight excluding hydrogens is 280 g/mol. The second-order valence-electron chi connectivity index (χ2n) is 5.03. The van der Waals surface area contributed by atoms with Crippen molar-refractivity contribution in [3.8, 4) is 5.75 Å². The number of methoxy groups -OCH3 is 1. The van der Waals surface area contributed by atoms with E-state index in [-0.39, 0.29) is 5.78 Å². The van der Waals surface area contributed by atoms with Crippen LogP contribution in [-0.2, 0) is 6.42 Å². The first kappa shape index (κ1) is 13.8. The minimum atomic E-state index is 0.125. The molecule has 0 spiro atoms. The summed E-state index contributed by atoms with van der Waals surface area (Å²) in [4.78, 5) is 11.7. The molecular formula is C18H16O2S. The number of benzene rings is 2. The van der Waals surface area contributed by atoms with Gasteiger partial charge >= 0.3 is 0 Å². The van der Waals surface area contributed by atoms with E-state index in [2.05, 4.69) is 18.2 Å². The molecule has 0 aliphatic carbocycles. The molecule has 2 nitrogen and oxygen atoms in total. The number of ketones is 1. The molecule has 3 aromatic rings. The monoisotopic (exact) mass is 296 g/mol. The van der Waals surface area contributed by atoms with E-state index < -0.39 is 0 Å². The van der Waals surface area contributed by atoms with Crippen LogP contribution in [0.2, 0.25) is 0 Å². The smallest absolute Gasteiger partial charge is 0.161 e. The van der Waals surface area contributed by atoms with Crippen molar-refractivity contribution in [2.24, 2.45) is 0 Å². The van der Waals surface area contributed by atoms with Crippen LogP contribution in [0.5, 0.6) is 5.75 Å². The van der Waals surface area contributed by atoms with Crippen molar-refractivity contribution in [3.63, 3.8) is 0 Å². The van der Waals surface area contributed by atoms with Crippen molar-refractivity contribution in [1.82, 2.24) is 0 Å². The fourth-order valence-corrected chi connectivity index (χ4v) is 3.66. The van der Waals surface area contributed by atoms with E-state index in [4.69, 9.17) is 4.74 Å². The number of hydrogen-bond donors (Lipinski definition) is 0. The average Bonchev–Trinajstić information content (AvgIpc) is 2.93. The molecule has 21 heavy (non-hydrogen) atoms. The zero-order valence-corrected chi connectivity index (χ0v) is 12.9. The summed E-state index contributed by atoms with van der Waals surface area (Å²) in [6.07, 6.45) is 0.840. The molecule has 0 bridgehead atoms. The molecule has 1 aromatic heterocycles. The van der Waals surface area contributed by atoms with Crippen LogP contribution in [0.3, 0.4) is 0 Å². The van der Waals surface area contributed by atoms with Crippen LogP contribution in [0.1, 0.15) is 28.4 Å². The summed E-state index contributed by atoms with van der Waals surface area (Å²) in [7, 11) is 1.68.